The summed E-state index contributed by atoms with van der Waals surface area (Å²) < 4.78 is 24.4. The molecule has 144 valence electrons. The van der Waals surface area contributed by atoms with Gasteiger partial charge in [0.25, 0.3) is 0 Å². The minimum atomic E-state index is -2.88. The number of halogens is 1. The number of hydrogen-bond acceptors (Lipinski definition) is 4. The first-order chi connectivity index (χ1) is 12.4. The third-order valence-electron chi connectivity index (χ3n) is 4.90. The molecule has 6 nitrogen and oxygen atoms in total. The molecular weight excluding hydrogens is 416 g/mol. The van der Waals surface area contributed by atoms with Crippen LogP contribution in [0.5, 0.6) is 0 Å². The highest BCUT2D eigenvalue weighted by Crippen LogP contribution is 2.25. The van der Waals surface area contributed by atoms with Crippen LogP contribution in [0.3, 0.4) is 0 Å². The van der Waals surface area contributed by atoms with Crippen molar-refractivity contribution in [2.75, 3.05) is 42.6 Å². The Morgan fingerprint density at radius 3 is 2.73 bits per heavy atom. The highest BCUT2D eigenvalue weighted by atomic mass is 79.9. The number of nitrogens with zero attached hydrogens (tertiary/aromatic N) is 2. The lowest BCUT2D eigenvalue weighted by Gasteiger charge is -2.19. The Morgan fingerprint density at radius 1 is 1.31 bits per heavy atom. The largest absolute Gasteiger partial charge is 0.371 e. The fraction of sp³-hybridized carbons (Fsp3) is 0.611. The van der Waals surface area contributed by atoms with Crippen LogP contribution in [-0.4, -0.2) is 58.1 Å². The van der Waals surface area contributed by atoms with Crippen molar-refractivity contribution >= 4 is 37.4 Å². The van der Waals surface area contributed by atoms with Crippen LogP contribution < -0.4 is 15.5 Å². The van der Waals surface area contributed by atoms with E-state index < -0.39 is 9.84 Å². The number of benzene rings is 1. The lowest BCUT2D eigenvalue weighted by Crippen LogP contribution is -2.44. The maximum atomic E-state index is 11.6. The molecule has 0 bridgehead atoms. The molecule has 0 saturated carbocycles. The van der Waals surface area contributed by atoms with Crippen LogP contribution in [-0.2, 0) is 9.84 Å². The summed E-state index contributed by atoms with van der Waals surface area (Å²) in [6.07, 6.45) is 1.78. The Bertz CT molecular complexity index is 736. The van der Waals surface area contributed by atoms with E-state index in [0.717, 1.165) is 43.0 Å². The first kappa shape index (κ1) is 19.5. The maximum absolute atomic E-state index is 11.6. The normalized spacial score (nSPS) is 25.5. The van der Waals surface area contributed by atoms with E-state index in [9.17, 15) is 8.42 Å². The van der Waals surface area contributed by atoms with Gasteiger partial charge in [-0.05, 0) is 49.9 Å². The first-order valence-corrected chi connectivity index (χ1v) is 11.8. The molecule has 2 atom stereocenters. The zero-order valence-corrected chi connectivity index (χ0v) is 17.5. The van der Waals surface area contributed by atoms with Gasteiger partial charge in [0, 0.05) is 42.4 Å². The number of rotatable bonds is 5. The third-order valence-corrected chi connectivity index (χ3v) is 7.20. The van der Waals surface area contributed by atoms with Crippen LogP contribution in [0.2, 0.25) is 0 Å². The summed E-state index contributed by atoms with van der Waals surface area (Å²) >= 11 is 3.48. The van der Waals surface area contributed by atoms with E-state index in [1.165, 1.54) is 5.69 Å². The van der Waals surface area contributed by atoms with Crippen LogP contribution in [0.1, 0.15) is 19.8 Å². The molecule has 2 fully saturated rings. The van der Waals surface area contributed by atoms with E-state index in [4.69, 9.17) is 4.99 Å². The average molecular weight is 443 g/mol. The standard InChI is InChI=1S/C18H27BrN4O2S/c1-2-20-18(22-16-8-10-26(24,25)13-16)21-11-14-7-9-23(12-14)17-5-3-15(19)4-6-17/h3-6,14,16H,2,7-13H2,1H3,(H2,20,21,22). The number of hydrogen-bond donors (Lipinski definition) is 2. The molecule has 8 heteroatoms. The van der Waals surface area contributed by atoms with E-state index in [0.29, 0.717) is 12.3 Å². The summed E-state index contributed by atoms with van der Waals surface area (Å²) in [4.78, 5) is 7.11. The predicted molar refractivity (Wildman–Crippen MR) is 111 cm³/mol. The maximum Gasteiger partial charge on any atom is 0.191 e. The molecule has 2 aliphatic rings. The van der Waals surface area contributed by atoms with Gasteiger partial charge in [-0.2, -0.15) is 0 Å². The second kappa shape index (κ2) is 8.61. The van der Waals surface area contributed by atoms with Crippen molar-refractivity contribution in [2.45, 2.75) is 25.8 Å². The first-order valence-electron chi connectivity index (χ1n) is 9.21. The summed E-state index contributed by atoms with van der Waals surface area (Å²) in [6, 6.07) is 8.40. The topological polar surface area (TPSA) is 73.8 Å². The Balaban J connectivity index is 1.54. The zero-order valence-electron chi connectivity index (χ0n) is 15.1. The molecule has 2 N–H and O–H groups in total. The second-order valence-corrected chi connectivity index (χ2v) is 10.2. The number of anilines is 1. The molecule has 0 amide bonds. The molecule has 3 rings (SSSR count). The van der Waals surface area contributed by atoms with E-state index >= 15 is 0 Å². The van der Waals surface area contributed by atoms with Gasteiger partial charge in [-0.15, -0.1) is 0 Å². The van der Waals surface area contributed by atoms with Crippen molar-refractivity contribution in [1.29, 1.82) is 0 Å². The van der Waals surface area contributed by atoms with Crippen molar-refractivity contribution in [3.63, 3.8) is 0 Å². The fourth-order valence-electron chi connectivity index (χ4n) is 3.51. The molecule has 2 saturated heterocycles. The highest BCUT2D eigenvalue weighted by molar-refractivity contribution is 9.10. The van der Waals surface area contributed by atoms with Gasteiger partial charge in [-0.25, -0.2) is 8.42 Å². The number of sulfone groups is 1. The average Bonchev–Trinajstić information content (AvgIpc) is 3.20. The molecule has 0 aromatic heterocycles. The van der Waals surface area contributed by atoms with Gasteiger partial charge in [0.1, 0.15) is 0 Å². The predicted octanol–water partition coefficient (Wildman–Crippen LogP) is 2.02. The molecule has 26 heavy (non-hydrogen) atoms. The molecule has 1 aromatic rings. The second-order valence-electron chi connectivity index (χ2n) is 7.04. The third kappa shape index (κ3) is 5.36. The molecule has 0 spiro atoms. The van der Waals surface area contributed by atoms with Gasteiger partial charge >= 0.3 is 0 Å². The van der Waals surface area contributed by atoms with Crippen molar-refractivity contribution in [3.8, 4) is 0 Å². The van der Waals surface area contributed by atoms with Crippen LogP contribution >= 0.6 is 15.9 Å². The Labute approximate surface area is 164 Å². The van der Waals surface area contributed by atoms with Crippen molar-refractivity contribution in [2.24, 2.45) is 10.9 Å². The number of nitrogens with one attached hydrogen (secondary N) is 2. The number of aliphatic imine (C=N–C) groups is 1. The van der Waals surface area contributed by atoms with Crippen LogP contribution in [0, 0.1) is 5.92 Å². The summed E-state index contributed by atoms with van der Waals surface area (Å²) in [5.74, 6) is 1.73. The minimum absolute atomic E-state index is 0.0272. The van der Waals surface area contributed by atoms with Crippen LogP contribution in [0.25, 0.3) is 0 Å². The highest BCUT2D eigenvalue weighted by Gasteiger charge is 2.28. The van der Waals surface area contributed by atoms with Gasteiger partial charge in [0.15, 0.2) is 15.8 Å². The fourth-order valence-corrected chi connectivity index (χ4v) is 5.45. The smallest absolute Gasteiger partial charge is 0.191 e. The number of guanidine groups is 1. The van der Waals surface area contributed by atoms with Crippen molar-refractivity contribution < 1.29 is 8.42 Å². The lowest BCUT2D eigenvalue weighted by molar-refractivity contribution is 0.590. The summed E-state index contributed by atoms with van der Waals surface area (Å²) in [7, 11) is -2.88. The molecule has 0 aliphatic carbocycles. The minimum Gasteiger partial charge on any atom is -0.371 e. The van der Waals surface area contributed by atoms with Crippen molar-refractivity contribution in [1.82, 2.24) is 10.6 Å². The summed E-state index contributed by atoms with van der Waals surface area (Å²) in [6.45, 7) is 5.59. The SMILES string of the molecule is CCNC(=NCC1CCN(c2ccc(Br)cc2)C1)NC1CCS(=O)(=O)C1. The monoisotopic (exact) mass is 442 g/mol. The quantitative estimate of drug-likeness (QED) is 0.538. The molecule has 2 heterocycles. The van der Waals surface area contributed by atoms with E-state index in [1.54, 1.807) is 0 Å². The Hall–Kier alpha value is -1.28. The van der Waals surface area contributed by atoms with Gasteiger partial charge in [0.2, 0.25) is 0 Å². The summed E-state index contributed by atoms with van der Waals surface area (Å²) in [5, 5.41) is 6.52. The lowest BCUT2D eigenvalue weighted by atomic mass is 10.1. The Kier molecular flexibility index (Phi) is 6.45. The van der Waals surface area contributed by atoms with Crippen LogP contribution in [0.15, 0.2) is 33.7 Å². The van der Waals surface area contributed by atoms with E-state index in [1.807, 2.05) is 6.92 Å². The van der Waals surface area contributed by atoms with Gasteiger partial charge in [-0.3, -0.25) is 4.99 Å². The molecule has 0 radical (unpaired) electrons. The van der Waals surface area contributed by atoms with Gasteiger partial charge in [0.05, 0.1) is 11.5 Å². The summed E-state index contributed by atoms with van der Waals surface area (Å²) in [5.41, 5.74) is 1.25. The Morgan fingerprint density at radius 2 is 2.08 bits per heavy atom. The van der Waals surface area contributed by atoms with E-state index in [-0.39, 0.29) is 17.5 Å². The van der Waals surface area contributed by atoms with Gasteiger partial charge < -0.3 is 15.5 Å². The molecular formula is C18H27BrN4O2S. The molecule has 1 aromatic carbocycles. The molecule has 2 unspecified atom stereocenters. The zero-order chi connectivity index (χ0) is 18.6. The van der Waals surface area contributed by atoms with Gasteiger partial charge in [-0.1, -0.05) is 15.9 Å². The van der Waals surface area contributed by atoms with Crippen LogP contribution in [0.4, 0.5) is 5.69 Å². The molecule has 2 aliphatic heterocycles. The van der Waals surface area contributed by atoms with E-state index in [2.05, 4.69) is 55.7 Å². The van der Waals surface area contributed by atoms with Crippen molar-refractivity contribution in [3.05, 3.63) is 28.7 Å².